The zero-order chi connectivity index (χ0) is 23.2. The summed E-state index contributed by atoms with van der Waals surface area (Å²) in [5.41, 5.74) is 0.803. The molecular weight excluding hydrogens is 412 g/mol. The van der Waals surface area contributed by atoms with Crippen LogP contribution in [0.3, 0.4) is 0 Å². The average Bonchev–Trinajstić information content (AvgIpc) is 2.81. The van der Waals surface area contributed by atoms with Crippen molar-refractivity contribution < 1.29 is 33.3 Å². The van der Waals surface area contributed by atoms with Crippen LogP contribution in [0.4, 0.5) is 0 Å². The predicted octanol–water partition coefficient (Wildman–Crippen LogP) is 4.29. The zero-order valence-electron chi connectivity index (χ0n) is 17.5. The Hall–Kier alpha value is -4.13. The summed E-state index contributed by atoms with van der Waals surface area (Å²) in [6, 6.07) is 13.3. The van der Waals surface area contributed by atoms with Crippen molar-refractivity contribution in [3.63, 3.8) is 0 Å². The molecule has 0 fully saturated rings. The molecule has 32 heavy (non-hydrogen) atoms. The Morgan fingerprint density at radius 1 is 0.688 bits per heavy atom. The van der Waals surface area contributed by atoms with Gasteiger partial charge in [0.25, 0.3) is 0 Å². The standard InChI is InChI=1S/C25H24O7/c1-3-23(26)30-18-6-5-17-29-20-10-7-19(8-11-20)9-16-25(28)32-22-14-12-21(13-15-22)31-24(27)4-2/h3-4,7-16H,1-2,5-6,17-18H2. The molecule has 0 heterocycles. The molecule has 0 aromatic heterocycles. The van der Waals surface area contributed by atoms with Crippen molar-refractivity contribution in [1.82, 2.24) is 0 Å². The molecule has 0 aliphatic rings. The maximum Gasteiger partial charge on any atom is 0.336 e. The number of hydrogen-bond acceptors (Lipinski definition) is 7. The van der Waals surface area contributed by atoms with E-state index in [4.69, 9.17) is 18.9 Å². The van der Waals surface area contributed by atoms with E-state index in [0.29, 0.717) is 36.9 Å². The van der Waals surface area contributed by atoms with Gasteiger partial charge in [-0.15, -0.1) is 0 Å². The normalized spacial score (nSPS) is 10.2. The van der Waals surface area contributed by atoms with Gasteiger partial charge in [-0.05, 0) is 60.9 Å². The van der Waals surface area contributed by atoms with Crippen molar-refractivity contribution in [2.24, 2.45) is 0 Å². The minimum atomic E-state index is -0.569. The van der Waals surface area contributed by atoms with Crippen LogP contribution in [-0.2, 0) is 19.1 Å². The van der Waals surface area contributed by atoms with Crippen LogP contribution in [0.5, 0.6) is 17.2 Å². The summed E-state index contributed by atoms with van der Waals surface area (Å²) in [5.74, 6) is -0.198. The Balaban J connectivity index is 1.73. The number of rotatable bonds is 12. The fourth-order valence-corrected chi connectivity index (χ4v) is 2.35. The molecule has 0 aliphatic heterocycles. The van der Waals surface area contributed by atoms with Crippen molar-refractivity contribution in [3.05, 3.63) is 85.5 Å². The first-order valence-electron chi connectivity index (χ1n) is 9.86. The van der Waals surface area contributed by atoms with E-state index in [1.165, 1.54) is 30.3 Å². The molecule has 0 saturated heterocycles. The molecule has 7 nitrogen and oxygen atoms in total. The number of hydrogen-bond donors (Lipinski definition) is 0. The fourth-order valence-electron chi connectivity index (χ4n) is 2.35. The minimum absolute atomic E-state index is 0.320. The first-order chi connectivity index (χ1) is 15.5. The second-order valence-corrected chi connectivity index (χ2v) is 6.35. The lowest BCUT2D eigenvalue weighted by atomic mass is 10.2. The lowest BCUT2D eigenvalue weighted by Gasteiger charge is -2.06. The first kappa shape index (κ1) is 24.1. The van der Waals surface area contributed by atoms with Gasteiger partial charge >= 0.3 is 17.9 Å². The highest BCUT2D eigenvalue weighted by atomic mass is 16.5. The highest BCUT2D eigenvalue weighted by Gasteiger charge is 2.04. The third-order valence-electron chi connectivity index (χ3n) is 3.94. The van der Waals surface area contributed by atoms with Gasteiger partial charge in [0.05, 0.1) is 13.2 Å². The smallest absolute Gasteiger partial charge is 0.336 e. The van der Waals surface area contributed by atoms with E-state index in [1.807, 2.05) is 12.1 Å². The molecule has 7 heteroatoms. The van der Waals surface area contributed by atoms with Crippen LogP contribution < -0.4 is 14.2 Å². The Bertz CT molecular complexity index is 957. The van der Waals surface area contributed by atoms with Crippen LogP contribution >= 0.6 is 0 Å². The van der Waals surface area contributed by atoms with Crippen molar-refractivity contribution in [2.45, 2.75) is 12.8 Å². The van der Waals surface area contributed by atoms with E-state index in [2.05, 4.69) is 13.2 Å². The van der Waals surface area contributed by atoms with Gasteiger partial charge in [0.1, 0.15) is 17.2 Å². The topological polar surface area (TPSA) is 88.1 Å². The van der Waals surface area contributed by atoms with Crippen molar-refractivity contribution in [1.29, 1.82) is 0 Å². The predicted molar refractivity (Wildman–Crippen MR) is 119 cm³/mol. The Morgan fingerprint density at radius 2 is 1.22 bits per heavy atom. The summed E-state index contributed by atoms with van der Waals surface area (Å²) in [4.78, 5) is 34.0. The van der Waals surface area contributed by atoms with Crippen LogP contribution in [0.2, 0.25) is 0 Å². The first-order valence-corrected chi connectivity index (χ1v) is 9.86. The molecule has 0 bridgehead atoms. The minimum Gasteiger partial charge on any atom is -0.494 e. The van der Waals surface area contributed by atoms with Gasteiger partial charge < -0.3 is 18.9 Å². The third-order valence-corrected chi connectivity index (χ3v) is 3.94. The van der Waals surface area contributed by atoms with E-state index in [-0.39, 0.29) is 0 Å². The molecule has 0 radical (unpaired) electrons. The highest BCUT2D eigenvalue weighted by molar-refractivity contribution is 5.88. The second kappa shape index (κ2) is 13.2. The summed E-state index contributed by atoms with van der Waals surface area (Å²) >= 11 is 0. The monoisotopic (exact) mass is 436 g/mol. The quantitative estimate of drug-likeness (QED) is 0.212. The molecule has 2 rings (SSSR count). The summed E-state index contributed by atoms with van der Waals surface area (Å²) in [6.07, 6.45) is 6.58. The van der Waals surface area contributed by atoms with Crippen LogP contribution in [0.15, 0.2) is 79.9 Å². The average molecular weight is 436 g/mol. The molecule has 0 aliphatic carbocycles. The largest absolute Gasteiger partial charge is 0.494 e. The Kier molecular flexibility index (Phi) is 9.98. The summed E-state index contributed by atoms with van der Waals surface area (Å²) < 4.78 is 20.7. The lowest BCUT2D eigenvalue weighted by Crippen LogP contribution is -2.05. The van der Waals surface area contributed by atoms with Gasteiger partial charge in [0.2, 0.25) is 0 Å². The highest BCUT2D eigenvalue weighted by Crippen LogP contribution is 2.18. The van der Waals surface area contributed by atoms with Crippen LogP contribution in [-0.4, -0.2) is 31.1 Å². The molecule has 0 N–H and O–H groups in total. The van der Waals surface area contributed by atoms with Crippen LogP contribution in [0, 0.1) is 0 Å². The van der Waals surface area contributed by atoms with Gasteiger partial charge in [-0.1, -0.05) is 25.3 Å². The van der Waals surface area contributed by atoms with E-state index < -0.39 is 17.9 Å². The van der Waals surface area contributed by atoms with Gasteiger partial charge in [-0.3, -0.25) is 0 Å². The van der Waals surface area contributed by atoms with E-state index >= 15 is 0 Å². The maximum atomic E-state index is 12.0. The molecule has 0 unspecified atom stereocenters. The van der Waals surface area contributed by atoms with Crippen LogP contribution in [0.25, 0.3) is 6.08 Å². The second-order valence-electron chi connectivity index (χ2n) is 6.35. The van der Waals surface area contributed by atoms with Gasteiger partial charge in [-0.2, -0.15) is 0 Å². The van der Waals surface area contributed by atoms with Crippen molar-refractivity contribution >= 4 is 24.0 Å². The van der Waals surface area contributed by atoms with Gasteiger partial charge in [0.15, 0.2) is 0 Å². The molecule has 166 valence electrons. The Labute approximate surface area is 186 Å². The van der Waals surface area contributed by atoms with E-state index in [1.54, 1.807) is 18.2 Å². The number of unbranched alkanes of at least 4 members (excludes halogenated alkanes) is 1. The third kappa shape index (κ3) is 9.13. The van der Waals surface area contributed by atoms with E-state index in [0.717, 1.165) is 24.1 Å². The summed E-state index contributed by atoms with van der Waals surface area (Å²) in [5, 5.41) is 0. The lowest BCUT2D eigenvalue weighted by molar-refractivity contribution is -0.138. The SMILES string of the molecule is C=CC(=O)OCCCCOc1ccc(C=CC(=O)Oc2ccc(OC(=O)C=C)cc2)cc1. The molecule has 0 amide bonds. The molecule has 0 spiro atoms. The summed E-state index contributed by atoms with van der Waals surface area (Å²) in [7, 11) is 0. The number of esters is 3. The van der Waals surface area contributed by atoms with Crippen LogP contribution in [0.1, 0.15) is 18.4 Å². The van der Waals surface area contributed by atoms with E-state index in [9.17, 15) is 14.4 Å². The fraction of sp³-hybridized carbons (Fsp3) is 0.160. The molecule has 2 aromatic rings. The summed E-state index contributed by atoms with van der Waals surface area (Å²) in [6.45, 7) is 7.48. The number of ether oxygens (including phenoxy) is 4. The number of benzene rings is 2. The van der Waals surface area contributed by atoms with Crippen molar-refractivity contribution in [2.75, 3.05) is 13.2 Å². The molecular formula is C25H24O7. The Morgan fingerprint density at radius 3 is 1.81 bits per heavy atom. The van der Waals surface area contributed by atoms with Gasteiger partial charge in [-0.25, -0.2) is 14.4 Å². The maximum absolute atomic E-state index is 12.0. The van der Waals surface area contributed by atoms with Gasteiger partial charge in [0, 0.05) is 18.2 Å². The molecule has 2 aromatic carbocycles. The molecule has 0 saturated carbocycles. The molecule has 0 atom stereocenters. The zero-order valence-corrected chi connectivity index (χ0v) is 17.5. The van der Waals surface area contributed by atoms with Crippen molar-refractivity contribution in [3.8, 4) is 17.2 Å². The number of carbonyl (C=O) groups excluding carboxylic acids is 3. The number of carbonyl (C=O) groups is 3.